The minimum atomic E-state index is -0.136. The Morgan fingerprint density at radius 3 is 2.54 bits per heavy atom. The highest BCUT2D eigenvalue weighted by atomic mass is 79.9. The number of halogens is 1. The van der Waals surface area contributed by atoms with Gasteiger partial charge < -0.3 is 9.26 Å². The Balaban J connectivity index is 1.73. The minimum absolute atomic E-state index is 0.0134. The van der Waals surface area contributed by atoms with E-state index in [2.05, 4.69) is 21.1 Å². The molecule has 5 heteroatoms. The molecule has 1 aromatic heterocycles. The van der Waals surface area contributed by atoms with Crippen LogP contribution in [-0.2, 0) is 11.3 Å². The Kier molecular flexibility index (Phi) is 5.23. The van der Waals surface area contributed by atoms with Gasteiger partial charge in [0.1, 0.15) is 6.61 Å². The Hall–Kier alpha value is -2.24. The molecule has 3 aromatic rings. The summed E-state index contributed by atoms with van der Waals surface area (Å²) >= 11 is 3.39. The number of aromatic nitrogens is 1. The molecule has 1 heterocycles. The van der Waals surface area contributed by atoms with E-state index >= 15 is 0 Å². The zero-order valence-corrected chi connectivity index (χ0v) is 14.7. The van der Waals surface area contributed by atoms with Gasteiger partial charge in [0.25, 0.3) is 0 Å². The van der Waals surface area contributed by atoms with Crippen molar-refractivity contribution in [3.8, 4) is 11.3 Å². The third-order valence-electron chi connectivity index (χ3n) is 3.59. The van der Waals surface area contributed by atoms with Crippen LogP contribution in [0.1, 0.15) is 21.6 Å². The summed E-state index contributed by atoms with van der Waals surface area (Å²) in [6.45, 7) is 2.14. The lowest BCUT2D eigenvalue weighted by molar-refractivity contribution is 0.0726. The molecule has 0 aliphatic rings. The molecule has 0 unspecified atom stereocenters. The second-order valence-corrected chi connectivity index (χ2v) is 6.30. The van der Waals surface area contributed by atoms with Crippen LogP contribution in [0.3, 0.4) is 0 Å². The fourth-order valence-electron chi connectivity index (χ4n) is 2.40. The molecule has 24 heavy (non-hydrogen) atoms. The molecule has 0 radical (unpaired) electrons. The van der Waals surface area contributed by atoms with Crippen LogP contribution in [0.4, 0.5) is 0 Å². The minimum Gasteiger partial charge on any atom is -0.369 e. The van der Waals surface area contributed by atoms with Gasteiger partial charge in [-0.3, -0.25) is 4.79 Å². The van der Waals surface area contributed by atoms with Crippen molar-refractivity contribution in [2.24, 2.45) is 0 Å². The van der Waals surface area contributed by atoms with Crippen LogP contribution in [0.25, 0.3) is 11.3 Å². The predicted molar refractivity (Wildman–Crippen MR) is 94.8 cm³/mol. The van der Waals surface area contributed by atoms with Gasteiger partial charge in [-0.05, 0) is 36.8 Å². The standard InChI is InChI=1S/C19H16BrNO3/c1-13-18(17(22)12-23-11-14-5-3-2-4-6-14)19(24-21-13)15-7-9-16(20)10-8-15/h2-10H,11-12H2,1H3. The summed E-state index contributed by atoms with van der Waals surface area (Å²) in [6.07, 6.45) is 0. The van der Waals surface area contributed by atoms with E-state index < -0.39 is 0 Å². The molecule has 2 aromatic carbocycles. The highest BCUT2D eigenvalue weighted by molar-refractivity contribution is 9.10. The van der Waals surface area contributed by atoms with Crippen LogP contribution < -0.4 is 0 Å². The van der Waals surface area contributed by atoms with Crippen molar-refractivity contribution >= 4 is 21.7 Å². The lowest BCUT2D eigenvalue weighted by Crippen LogP contribution is -2.10. The predicted octanol–water partition coefficient (Wildman–Crippen LogP) is 4.81. The quantitative estimate of drug-likeness (QED) is 0.571. The van der Waals surface area contributed by atoms with Crippen LogP contribution in [0.15, 0.2) is 63.6 Å². The first-order valence-electron chi connectivity index (χ1n) is 7.52. The van der Waals surface area contributed by atoms with E-state index in [1.165, 1.54) is 0 Å². The lowest BCUT2D eigenvalue weighted by atomic mass is 10.0. The summed E-state index contributed by atoms with van der Waals surface area (Å²) in [5, 5.41) is 3.94. The van der Waals surface area contributed by atoms with Gasteiger partial charge in [0.15, 0.2) is 11.5 Å². The van der Waals surface area contributed by atoms with E-state index in [-0.39, 0.29) is 12.4 Å². The number of Topliss-reactive ketones (excluding diaryl/α,β-unsaturated/α-hetero) is 1. The first kappa shape index (κ1) is 16.6. The molecule has 3 rings (SSSR count). The van der Waals surface area contributed by atoms with Crippen LogP contribution >= 0.6 is 15.9 Å². The normalized spacial score (nSPS) is 10.8. The summed E-state index contributed by atoms with van der Waals surface area (Å²) in [5.41, 5.74) is 2.89. The molecule has 0 fully saturated rings. The smallest absolute Gasteiger partial charge is 0.194 e. The molecule has 0 aliphatic carbocycles. The third-order valence-corrected chi connectivity index (χ3v) is 4.12. The number of ether oxygens (including phenoxy) is 1. The first-order valence-corrected chi connectivity index (χ1v) is 8.31. The van der Waals surface area contributed by atoms with E-state index in [0.29, 0.717) is 23.6 Å². The molecule has 0 spiro atoms. The number of aryl methyl sites for hydroxylation is 1. The van der Waals surface area contributed by atoms with Crippen molar-refractivity contribution in [2.45, 2.75) is 13.5 Å². The molecule has 0 atom stereocenters. The van der Waals surface area contributed by atoms with Gasteiger partial charge >= 0.3 is 0 Å². The number of hydrogen-bond acceptors (Lipinski definition) is 4. The second-order valence-electron chi connectivity index (χ2n) is 5.38. The van der Waals surface area contributed by atoms with Crippen molar-refractivity contribution in [1.82, 2.24) is 5.16 Å². The SMILES string of the molecule is Cc1noc(-c2ccc(Br)cc2)c1C(=O)COCc1ccccc1. The van der Waals surface area contributed by atoms with E-state index in [1.807, 2.05) is 54.6 Å². The van der Waals surface area contributed by atoms with E-state index in [9.17, 15) is 4.79 Å². The molecule has 0 N–H and O–H groups in total. The summed E-state index contributed by atoms with van der Waals surface area (Å²) in [4.78, 5) is 12.5. The molecule has 0 amide bonds. The summed E-state index contributed by atoms with van der Waals surface area (Å²) < 4.78 is 11.9. The van der Waals surface area contributed by atoms with E-state index in [4.69, 9.17) is 9.26 Å². The molecule has 122 valence electrons. The van der Waals surface area contributed by atoms with E-state index in [1.54, 1.807) is 6.92 Å². The average Bonchev–Trinajstić information content (AvgIpc) is 2.98. The fourth-order valence-corrected chi connectivity index (χ4v) is 2.67. The molecule has 0 aliphatic heterocycles. The Bertz CT molecular complexity index is 826. The summed E-state index contributed by atoms with van der Waals surface area (Å²) in [5.74, 6) is 0.343. The van der Waals surface area contributed by atoms with Crippen molar-refractivity contribution in [2.75, 3.05) is 6.61 Å². The number of nitrogens with zero attached hydrogens (tertiary/aromatic N) is 1. The topological polar surface area (TPSA) is 52.3 Å². The van der Waals surface area contributed by atoms with Gasteiger partial charge in [-0.2, -0.15) is 0 Å². The Morgan fingerprint density at radius 1 is 1.12 bits per heavy atom. The van der Waals surface area contributed by atoms with Gasteiger partial charge in [-0.25, -0.2) is 0 Å². The molecule has 0 saturated heterocycles. The van der Waals surface area contributed by atoms with Crippen molar-refractivity contribution < 1.29 is 14.1 Å². The average molecular weight is 386 g/mol. The zero-order valence-electron chi connectivity index (χ0n) is 13.2. The molecular formula is C19H16BrNO3. The molecular weight excluding hydrogens is 370 g/mol. The maximum absolute atomic E-state index is 12.5. The second kappa shape index (κ2) is 7.55. The van der Waals surface area contributed by atoms with Crippen LogP contribution in [0, 0.1) is 6.92 Å². The van der Waals surface area contributed by atoms with Crippen molar-refractivity contribution in [3.63, 3.8) is 0 Å². The van der Waals surface area contributed by atoms with Gasteiger partial charge in [0, 0.05) is 10.0 Å². The van der Waals surface area contributed by atoms with Gasteiger partial charge in [-0.1, -0.05) is 51.4 Å². The van der Waals surface area contributed by atoms with E-state index in [0.717, 1.165) is 15.6 Å². The number of hydrogen-bond donors (Lipinski definition) is 0. The number of benzene rings is 2. The largest absolute Gasteiger partial charge is 0.369 e. The van der Waals surface area contributed by atoms with Crippen LogP contribution in [-0.4, -0.2) is 17.5 Å². The number of carbonyl (C=O) groups excluding carboxylic acids is 1. The summed E-state index contributed by atoms with van der Waals surface area (Å²) in [6, 6.07) is 17.3. The van der Waals surface area contributed by atoms with Crippen molar-refractivity contribution in [3.05, 3.63) is 75.9 Å². The summed E-state index contributed by atoms with van der Waals surface area (Å²) in [7, 11) is 0. The highest BCUT2D eigenvalue weighted by Crippen LogP contribution is 2.28. The monoisotopic (exact) mass is 385 g/mol. The van der Waals surface area contributed by atoms with Gasteiger partial charge in [-0.15, -0.1) is 0 Å². The van der Waals surface area contributed by atoms with Crippen LogP contribution in [0.5, 0.6) is 0 Å². The molecule has 4 nitrogen and oxygen atoms in total. The lowest BCUT2D eigenvalue weighted by Gasteiger charge is -2.05. The molecule has 0 saturated carbocycles. The fraction of sp³-hybridized carbons (Fsp3) is 0.158. The van der Waals surface area contributed by atoms with Crippen molar-refractivity contribution in [1.29, 1.82) is 0 Å². The first-order chi connectivity index (χ1) is 11.6. The Morgan fingerprint density at radius 2 is 1.83 bits per heavy atom. The van der Waals surface area contributed by atoms with Gasteiger partial charge in [0.05, 0.1) is 17.9 Å². The van der Waals surface area contributed by atoms with Gasteiger partial charge in [0.2, 0.25) is 0 Å². The maximum Gasteiger partial charge on any atom is 0.194 e. The number of carbonyl (C=O) groups is 1. The zero-order chi connectivity index (χ0) is 16.9. The van der Waals surface area contributed by atoms with Crippen LogP contribution in [0.2, 0.25) is 0 Å². The maximum atomic E-state index is 12.5. The number of rotatable bonds is 6. The molecule has 0 bridgehead atoms. The highest BCUT2D eigenvalue weighted by Gasteiger charge is 2.21. The Labute approximate surface area is 148 Å². The third kappa shape index (κ3) is 3.80. The number of ketones is 1.